The average Bonchev–Trinajstić information content (AvgIpc) is 2.49. The van der Waals surface area contributed by atoms with E-state index in [2.05, 4.69) is 0 Å². The zero-order valence-electron chi connectivity index (χ0n) is 13.1. The van der Waals surface area contributed by atoms with E-state index in [0.29, 0.717) is 38.8 Å². The number of hydrogen-bond donors (Lipinski definition) is 0. The Morgan fingerprint density at radius 1 is 1.18 bits per heavy atom. The first-order valence-electron chi connectivity index (χ1n) is 7.91. The van der Waals surface area contributed by atoms with Crippen molar-refractivity contribution < 1.29 is 13.6 Å². The van der Waals surface area contributed by atoms with Crippen LogP contribution in [0.5, 0.6) is 0 Å². The highest BCUT2D eigenvalue weighted by molar-refractivity contribution is 7.51. The lowest BCUT2D eigenvalue weighted by atomic mass is 9.84. The maximum absolute atomic E-state index is 13.0. The molecular weight excluding hydrogens is 303 g/mol. The van der Waals surface area contributed by atoms with Gasteiger partial charge < -0.3 is 4.57 Å². The van der Waals surface area contributed by atoms with E-state index in [1.807, 2.05) is 29.2 Å². The molecule has 0 aromatic carbocycles. The Morgan fingerprint density at radius 3 is 2.59 bits per heavy atom. The van der Waals surface area contributed by atoms with Crippen LogP contribution in [-0.4, -0.2) is 35.5 Å². The summed E-state index contributed by atoms with van der Waals surface area (Å²) in [4.78, 5) is 12.0. The summed E-state index contributed by atoms with van der Waals surface area (Å²) < 4.78 is 27.7. The first-order chi connectivity index (χ1) is 10.6. The highest BCUT2D eigenvalue weighted by Gasteiger charge is 2.42. The highest BCUT2D eigenvalue weighted by Crippen LogP contribution is 2.55. The van der Waals surface area contributed by atoms with E-state index in [1.165, 1.54) is 0 Å². The van der Waals surface area contributed by atoms with Crippen molar-refractivity contribution >= 4 is 7.75 Å². The Bertz CT molecular complexity index is 635. The fraction of sp³-hybridized carbons (Fsp3) is 0.667. The number of pyridine rings is 1. The second-order valence-corrected chi connectivity index (χ2v) is 7.89. The molecule has 3 heterocycles. The van der Waals surface area contributed by atoms with Crippen molar-refractivity contribution in [2.24, 2.45) is 5.92 Å². The first kappa shape index (κ1) is 15.9. The van der Waals surface area contributed by atoms with E-state index < -0.39 is 7.75 Å². The van der Waals surface area contributed by atoms with Crippen LogP contribution in [0.4, 0.5) is 0 Å². The van der Waals surface area contributed by atoms with Crippen molar-refractivity contribution in [2.75, 3.05) is 26.3 Å². The second kappa shape index (κ2) is 6.28. The summed E-state index contributed by atoms with van der Waals surface area (Å²) in [6.45, 7) is 6.31. The monoisotopic (exact) mass is 326 g/mol. The molecule has 0 aliphatic carbocycles. The SMILES string of the molecule is CCOP(=O)(OCC)N1C[C@@H]2C[C@H](C1)c1cccc(=O)n1C2. The van der Waals surface area contributed by atoms with Crippen molar-refractivity contribution in [3.8, 4) is 0 Å². The Hall–Kier alpha value is -0.940. The molecule has 2 atom stereocenters. The zero-order valence-corrected chi connectivity index (χ0v) is 14.0. The molecule has 0 radical (unpaired) electrons. The molecule has 0 N–H and O–H groups in total. The molecule has 1 fully saturated rings. The largest absolute Gasteiger partial charge is 0.408 e. The van der Waals surface area contributed by atoms with Crippen LogP contribution in [0.1, 0.15) is 31.9 Å². The number of fused-ring (bicyclic) bond motifs is 4. The van der Waals surface area contributed by atoms with E-state index in [-0.39, 0.29) is 11.5 Å². The van der Waals surface area contributed by atoms with Gasteiger partial charge in [0.15, 0.2) is 0 Å². The lowest BCUT2D eigenvalue weighted by Crippen LogP contribution is -2.46. The number of rotatable bonds is 5. The van der Waals surface area contributed by atoms with E-state index in [9.17, 15) is 9.36 Å². The predicted molar refractivity (Wildman–Crippen MR) is 84.0 cm³/mol. The topological polar surface area (TPSA) is 60.8 Å². The summed E-state index contributed by atoms with van der Waals surface area (Å²) in [5, 5.41) is 0. The van der Waals surface area contributed by atoms with Crippen molar-refractivity contribution in [1.82, 2.24) is 9.24 Å². The molecular formula is C15H23N2O4P. The molecule has 0 amide bonds. The molecule has 1 aromatic rings. The van der Waals surface area contributed by atoms with Crippen LogP contribution >= 0.6 is 7.75 Å². The van der Waals surface area contributed by atoms with Gasteiger partial charge in [0, 0.05) is 37.3 Å². The second-order valence-electron chi connectivity index (χ2n) is 5.87. The Labute approximate surface area is 130 Å². The fourth-order valence-electron chi connectivity index (χ4n) is 3.60. The van der Waals surface area contributed by atoms with E-state index in [0.717, 1.165) is 12.1 Å². The summed E-state index contributed by atoms with van der Waals surface area (Å²) in [6.07, 6.45) is 1.03. The summed E-state index contributed by atoms with van der Waals surface area (Å²) in [7, 11) is -3.23. The average molecular weight is 326 g/mol. The smallest absolute Gasteiger partial charge is 0.312 e. The zero-order chi connectivity index (χ0) is 15.7. The van der Waals surface area contributed by atoms with Gasteiger partial charge in [0.1, 0.15) is 0 Å². The van der Waals surface area contributed by atoms with Crippen LogP contribution < -0.4 is 5.56 Å². The van der Waals surface area contributed by atoms with Crippen molar-refractivity contribution in [3.05, 3.63) is 34.2 Å². The van der Waals surface area contributed by atoms with Gasteiger partial charge in [-0.2, -0.15) is 0 Å². The van der Waals surface area contributed by atoms with Gasteiger partial charge in [-0.05, 0) is 32.3 Å². The van der Waals surface area contributed by atoms with Crippen LogP contribution in [0.15, 0.2) is 23.0 Å². The van der Waals surface area contributed by atoms with Crippen LogP contribution in [0.25, 0.3) is 0 Å². The molecule has 122 valence electrons. The third kappa shape index (κ3) is 2.81. The van der Waals surface area contributed by atoms with Crippen molar-refractivity contribution in [3.63, 3.8) is 0 Å². The number of aromatic nitrogens is 1. The molecule has 0 unspecified atom stereocenters. The molecule has 0 spiro atoms. The Morgan fingerprint density at radius 2 is 1.91 bits per heavy atom. The quantitative estimate of drug-likeness (QED) is 0.778. The standard InChI is InChI=1S/C15H23N2O4P/c1-3-20-22(19,21-4-2)16-9-12-8-13(11-16)14-6-5-7-15(18)17(14)10-12/h5-7,12-13H,3-4,8-11H2,1-2H3/t12-,13+/m0/s1. The fourth-order valence-corrected chi connectivity index (χ4v) is 5.48. The van der Waals surface area contributed by atoms with E-state index >= 15 is 0 Å². The van der Waals surface area contributed by atoms with Gasteiger partial charge >= 0.3 is 7.75 Å². The normalized spacial score (nSPS) is 25.0. The van der Waals surface area contributed by atoms with Gasteiger partial charge in [0.2, 0.25) is 0 Å². The number of nitrogens with zero attached hydrogens (tertiary/aromatic N) is 2. The van der Waals surface area contributed by atoms with Crippen molar-refractivity contribution in [2.45, 2.75) is 32.7 Å². The van der Waals surface area contributed by atoms with Gasteiger partial charge in [-0.25, -0.2) is 9.24 Å². The summed E-state index contributed by atoms with van der Waals surface area (Å²) in [5.74, 6) is 0.510. The van der Waals surface area contributed by atoms with Gasteiger partial charge in [0.05, 0.1) is 13.2 Å². The molecule has 22 heavy (non-hydrogen) atoms. The number of piperidine rings is 1. The minimum atomic E-state index is -3.23. The van der Waals surface area contributed by atoms with Gasteiger partial charge in [-0.3, -0.25) is 13.8 Å². The lowest BCUT2D eigenvalue weighted by Gasteiger charge is -2.44. The van der Waals surface area contributed by atoms with E-state index in [1.54, 1.807) is 12.1 Å². The maximum Gasteiger partial charge on any atom is 0.408 e. The van der Waals surface area contributed by atoms with Crippen molar-refractivity contribution in [1.29, 1.82) is 0 Å². The molecule has 3 rings (SSSR count). The summed E-state index contributed by atoms with van der Waals surface area (Å²) in [6, 6.07) is 5.41. The first-order valence-corrected chi connectivity index (χ1v) is 9.41. The predicted octanol–water partition coefficient (Wildman–Crippen LogP) is 2.45. The molecule has 1 saturated heterocycles. The maximum atomic E-state index is 13.0. The lowest BCUT2D eigenvalue weighted by molar-refractivity contribution is 0.117. The summed E-state index contributed by atoms with van der Waals surface area (Å²) >= 11 is 0. The summed E-state index contributed by atoms with van der Waals surface area (Å²) in [5.41, 5.74) is 1.09. The van der Waals surface area contributed by atoms with Crippen LogP contribution in [0, 0.1) is 5.92 Å². The van der Waals surface area contributed by atoms with Crippen LogP contribution in [0.3, 0.4) is 0 Å². The van der Waals surface area contributed by atoms with Gasteiger partial charge in [-0.1, -0.05) is 6.07 Å². The van der Waals surface area contributed by atoms with Crippen LogP contribution in [-0.2, 0) is 20.2 Å². The molecule has 7 heteroatoms. The Kier molecular flexibility index (Phi) is 4.55. The highest BCUT2D eigenvalue weighted by atomic mass is 31.2. The minimum Gasteiger partial charge on any atom is -0.312 e. The van der Waals surface area contributed by atoms with Gasteiger partial charge in [-0.15, -0.1) is 0 Å². The molecule has 2 aliphatic heterocycles. The van der Waals surface area contributed by atoms with E-state index in [4.69, 9.17) is 9.05 Å². The minimum absolute atomic E-state index is 0.0541. The third-order valence-electron chi connectivity index (χ3n) is 4.39. The number of hydrogen-bond acceptors (Lipinski definition) is 4. The molecule has 0 saturated carbocycles. The molecule has 2 bridgehead atoms. The molecule has 2 aliphatic rings. The Balaban J connectivity index is 1.89. The molecule has 6 nitrogen and oxygen atoms in total. The van der Waals surface area contributed by atoms with Gasteiger partial charge in [0.25, 0.3) is 5.56 Å². The molecule has 1 aromatic heterocycles. The third-order valence-corrected chi connectivity index (χ3v) is 6.58. The van der Waals surface area contributed by atoms with Crippen LogP contribution in [0.2, 0.25) is 0 Å².